The molecule has 1 N–H and O–H groups in total. The number of aliphatic imine (C=N–C) groups is 1. The highest BCUT2D eigenvalue weighted by molar-refractivity contribution is 8.14. The Balaban J connectivity index is 2.22. The van der Waals surface area contributed by atoms with Crippen LogP contribution in [-0.2, 0) is 4.79 Å². The van der Waals surface area contributed by atoms with Gasteiger partial charge in [-0.25, -0.2) is 10.4 Å². The number of thioether (sulfide) groups is 1. The fourth-order valence-electron chi connectivity index (χ4n) is 1.12. The third-order valence-corrected chi connectivity index (χ3v) is 2.50. The molecule has 0 spiro atoms. The van der Waals surface area contributed by atoms with Crippen LogP contribution in [0.1, 0.15) is 12.8 Å². The molecule has 0 aromatic carbocycles. The van der Waals surface area contributed by atoms with Crippen LogP contribution in [0.3, 0.4) is 0 Å². The molecular weight excluding hydrogens is 162 g/mol. The van der Waals surface area contributed by atoms with E-state index in [0.717, 1.165) is 24.0 Å². The van der Waals surface area contributed by atoms with Crippen LogP contribution in [0.4, 0.5) is 0 Å². The first kappa shape index (κ1) is 7.12. The molecular formula is C6H9N3OS. The zero-order valence-corrected chi connectivity index (χ0v) is 6.86. The number of nitrogens with zero attached hydrogens (tertiary/aromatic N) is 2. The average Bonchev–Trinajstić information content (AvgIpc) is 2.40. The SMILES string of the molecule is O=C1CCCN=C2SCNN12. The van der Waals surface area contributed by atoms with Crippen LogP contribution in [0.2, 0.25) is 0 Å². The van der Waals surface area contributed by atoms with Gasteiger partial charge in [0.05, 0.1) is 5.88 Å². The Kier molecular flexibility index (Phi) is 1.83. The maximum absolute atomic E-state index is 11.3. The van der Waals surface area contributed by atoms with Crippen LogP contribution >= 0.6 is 11.8 Å². The second kappa shape index (κ2) is 2.83. The Hall–Kier alpha value is -0.550. The lowest BCUT2D eigenvalue weighted by Crippen LogP contribution is -2.38. The molecule has 0 aromatic heterocycles. The molecule has 0 saturated carbocycles. The largest absolute Gasteiger partial charge is 0.273 e. The van der Waals surface area contributed by atoms with Crippen molar-refractivity contribution in [3.63, 3.8) is 0 Å². The fourth-order valence-corrected chi connectivity index (χ4v) is 1.92. The standard InChI is InChI=1S/C6H9N3OS/c10-5-2-1-3-7-6-9(5)8-4-11-6/h8H,1-4H2. The Bertz CT molecular complexity index is 216. The molecule has 0 aromatic rings. The third kappa shape index (κ3) is 1.25. The van der Waals surface area contributed by atoms with Crippen LogP contribution in [0.5, 0.6) is 0 Å². The number of carbonyl (C=O) groups is 1. The number of fused-ring (bicyclic) bond motifs is 1. The lowest BCUT2D eigenvalue weighted by atomic mass is 10.3. The monoisotopic (exact) mass is 171 g/mol. The van der Waals surface area contributed by atoms with Crippen molar-refractivity contribution in [1.29, 1.82) is 0 Å². The normalized spacial score (nSPS) is 24.5. The van der Waals surface area contributed by atoms with Crippen molar-refractivity contribution >= 4 is 22.8 Å². The minimum Gasteiger partial charge on any atom is -0.273 e. The third-order valence-electron chi connectivity index (χ3n) is 1.66. The summed E-state index contributed by atoms with van der Waals surface area (Å²) in [5, 5.41) is 2.41. The number of hydrogen-bond donors (Lipinski definition) is 1. The summed E-state index contributed by atoms with van der Waals surface area (Å²) < 4.78 is 0. The van der Waals surface area contributed by atoms with E-state index in [1.54, 1.807) is 16.8 Å². The zero-order chi connectivity index (χ0) is 7.68. The first-order valence-corrected chi connectivity index (χ1v) is 4.60. The number of amidine groups is 1. The van der Waals surface area contributed by atoms with Gasteiger partial charge in [0.2, 0.25) is 5.91 Å². The molecule has 60 valence electrons. The summed E-state index contributed by atoms with van der Waals surface area (Å²) in [5.74, 6) is 0.913. The summed E-state index contributed by atoms with van der Waals surface area (Å²) in [6.45, 7) is 0.784. The van der Waals surface area contributed by atoms with E-state index in [0.29, 0.717) is 6.42 Å². The van der Waals surface area contributed by atoms with Gasteiger partial charge in [-0.2, -0.15) is 0 Å². The van der Waals surface area contributed by atoms with Crippen molar-refractivity contribution in [3.8, 4) is 0 Å². The Morgan fingerprint density at radius 1 is 1.64 bits per heavy atom. The van der Waals surface area contributed by atoms with Crippen LogP contribution in [-0.4, -0.2) is 28.5 Å². The lowest BCUT2D eigenvalue weighted by Gasteiger charge is -2.11. The molecule has 1 saturated heterocycles. The van der Waals surface area contributed by atoms with E-state index in [1.807, 2.05) is 0 Å². The van der Waals surface area contributed by atoms with Gasteiger partial charge in [0, 0.05) is 13.0 Å². The highest BCUT2D eigenvalue weighted by Crippen LogP contribution is 2.17. The van der Waals surface area contributed by atoms with Crippen molar-refractivity contribution < 1.29 is 4.79 Å². The minimum absolute atomic E-state index is 0.145. The maximum atomic E-state index is 11.3. The van der Waals surface area contributed by atoms with Gasteiger partial charge in [0.25, 0.3) is 0 Å². The van der Waals surface area contributed by atoms with Crippen molar-refractivity contribution in [3.05, 3.63) is 0 Å². The van der Waals surface area contributed by atoms with Gasteiger partial charge in [0.15, 0.2) is 5.17 Å². The summed E-state index contributed by atoms with van der Waals surface area (Å²) in [5.41, 5.74) is 2.96. The smallest absolute Gasteiger partial charge is 0.243 e. The van der Waals surface area contributed by atoms with Gasteiger partial charge in [-0.15, -0.1) is 0 Å². The number of hydrazine groups is 1. The lowest BCUT2D eigenvalue weighted by molar-refractivity contribution is -0.128. The number of nitrogens with one attached hydrogen (secondary N) is 1. The number of rotatable bonds is 0. The topological polar surface area (TPSA) is 44.7 Å². The van der Waals surface area contributed by atoms with Crippen LogP contribution < -0.4 is 5.43 Å². The fraction of sp³-hybridized carbons (Fsp3) is 0.667. The second-order valence-corrected chi connectivity index (χ2v) is 3.39. The minimum atomic E-state index is 0.145. The molecule has 0 bridgehead atoms. The molecule has 4 nitrogen and oxygen atoms in total. The van der Waals surface area contributed by atoms with Crippen LogP contribution in [0.25, 0.3) is 0 Å². The Morgan fingerprint density at radius 3 is 3.45 bits per heavy atom. The highest BCUT2D eigenvalue weighted by atomic mass is 32.2. The van der Waals surface area contributed by atoms with E-state index >= 15 is 0 Å². The summed E-state index contributed by atoms with van der Waals surface area (Å²) in [6, 6.07) is 0. The van der Waals surface area contributed by atoms with Gasteiger partial charge < -0.3 is 0 Å². The van der Waals surface area contributed by atoms with Gasteiger partial charge in [-0.1, -0.05) is 11.8 Å². The Labute approximate surface area is 69.0 Å². The molecule has 2 heterocycles. The molecule has 5 heteroatoms. The van der Waals surface area contributed by atoms with Gasteiger partial charge in [-0.05, 0) is 6.42 Å². The number of amides is 1. The molecule has 2 aliphatic rings. The second-order valence-electron chi connectivity index (χ2n) is 2.44. The van der Waals surface area contributed by atoms with E-state index in [4.69, 9.17) is 0 Å². The predicted molar refractivity (Wildman–Crippen MR) is 44.0 cm³/mol. The first-order valence-electron chi connectivity index (χ1n) is 3.61. The molecule has 0 unspecified atom stereocenters. The predicted octanol–water partition coefficient (Wildman–Crippen LogP) is 0.174. The molecule has 11 heavy (non-hydrogen) atoms. The molecule has 2 rings (SSSR count). The van der Waals surface area contributed by atoms with Gasteiger partial charge >= 0.3 is 0 Å². The average molecular weight is 171 g/mol. The van der Waals surface area contributed by atoms with E-state index in [9.17, 15) is 4.79 Å². The summed E-state index contributed by atoms with van der Waals surface area (Å²) >= 11 is 1.59. The van der Waals surface area contributed by atoms with E-state index in [1.165, 1.54) is 0 Å². The van der Waals surface area contributed by atoms with E-state index in [2.05, 4.69) is 10.4 Å². The molecule has 0 atom stereocenters. The molecule has 1 amide bonds. The molecule has 0 aliphatic carbocycles. The van der Waals surface area contributed by atoms with E-state index < -0.39 is 0 Å². The summed E-state index contributed by atoms with van der Waals surface area (Å²) in [7, 11) is 0. The van der Waals surface area contributed by atoms with E-state index in [-0.39, 0.29) is 5.91 Å². The Morgan fingerprint density at radius 2 is 2.55 bits per heavy atom. The quantitative estimate of drug-likeness (QED) is 0.565. The number of hydrogen-bond acceptors (Lipinski definition) is 4. The molecule has 1 fully saturated rings. The summed E-state index contributed by atoms with van der Waals surface area (Å²) in [4.78, 5) is 15.5. The van der Waals surface area contributed by atoms with Gasteiger partial charge in [-0.3, -0.25) is 9.79 Å². The zero-order valence-electron chi connectivity index (χ0n) is 6.04. The molecule has 0 radical (unpaired) electrons. The molecule has 2 aliphatic heterocycles. The summed E-state index contributed by atoms with van der Waals surface area (Å²) in [6.07, 6.45) is 1.49. The number of carbonyl (C=O) groups excluding carboxylic acids is 1. The van der Waals surface area contributed by atoms with Crippen molar-refractivity contribution in [1.82, 2.24) is 10.4 Å². The van der Waals surface area contributed by atoms with Crippen molar-refractivity contribution in [2.24, 2.45) is 4.99 Å². The van der Waals surface area contributed by atoms with Crippen LogP contribution in [0.15, 0.2) is 4.99 Å². The maximum Gasteiger partial charge on any atom is 0.243 e. The van der Waals surface area contributed by atoms with Gasteiger partial charge in [0.1, 0.15) is 0 Å². The first-order chi connectivity index (χ1) is 5.38. The highest BCUT2D eigenvalue weighted by Gasteiger charge is 2.26. The van der Waals surface area contributed by atoms with Crippen LogP contribution in [0, 0.1) is 0 Å². The van der Waals surface area contributed by atoms with Crippen molar-refractivity contribution in [2.45, 2.75) is 12.8 Å². The van der Waals surface area contributed by atoms with Crippen molar-refractivity contribution in [2.75, 3.05) is 12.4 Å².